The number of halogens is 3. The van der Waals surface area contributed by atoms with E-state index in [1.807, 2.05) is 24.3 Å². The van der Waals surface area contributed by atoms with Gasteiger partial charge in [-0.3, -0.25) is 14.6 Å². The molecule has 2 aliphatic rings. The Kier molecular flexibility index (Phi) is 8.66. The number of likely N-dealkylation sites (tertiary alicyclic amines) is 2. The minimum atomic E-state index is -5.22. The zero-order valence-corrected chi connectivity index (χ0v) is 24.1. The molecule has 3 heterocycles. The number of carbonyl (C=O) groups is 2. The molecule has 1 aromatic heterocycles. The van der Waals surface area contributed by atoms with Gasteiger partial charge in [0.1, 0.15) is 5.69 Å². The molecule has 2 aliphatic heterocycles. The number of fused-ring (bicyclic) bond motifs is 1. The minimum absolute atomic E-state index is 0.0164. The Morgan fingerprint density at radius 3 is 2.38 bits per heavy atom. The van der Waals surface area contributed by atoms with Crippen molar-refractivity contribution in [3.8, 4) is 0 Å². The molecule has 1 amide bonds. The SMILES string of the molecule is Cc1cccc(C)c1C1CCN(Cc2c(C(=O)N3CCCCC3(CCO)OC(=O)C(F)(F)F)[nH]c3ccccc23)CC1. The van der Waals surface area contributed by atoms with Crippen molar-refractivity contribution >= 4 is 22.8 Å². The molecular formula is C32H38F3N3O4. The van der Waals surface area contributed by atoms with Gasteiger partial charge in [-0.15, -0.1) is 0 Å². The monoisotopic (exact) mass is 585 g/mol. The average Bonchev–Trinajstić information content (AvgIpc) is 3.31. The highest BCUT2D eigenvalue weighted by molar-refractivity contribution is 6.01. The molecule has 42 heavy (non-hydrogen) atoms. The van der Waals surface area contributed by atoms with E-state index in [-0.39, 0.29) is 25.1 Å². The molecule has 5 rings (SSSR count). The predicted octanol–water partition coefficient (Wildman–Crippen LogP) is 5.97. The standard InChI is InChI=1S/C32H38F3N3O4/c1-21-8-7-9-22(2)27(21)23-12-17-37(18-13-23)20-25-24-10-3-4-11-26(24)36-28(25)29(40)38-16-6-5-14-31(38,15-19-39)42-30(41)32(33,34)35/h3-4,7-11,23,36,39H,5-6,12-20H2,1-2H3. The van der Waals surface area contributed by atoms with Gasteiger partial charge in [-0.25, -0.2) is 4.79 Å². The van der Waals surface area contributed by atoms with Gasteiger partial charge >= 0.3 is 12.1 Å². The molecular weight excluding hydrogens is 547 g/mol. The number of nitrogens with one attached hydrogen (secondary N) is 1. The largest absolute Gasteiger partial charge is 0.491 e. The number of nitrogens with zero attached hydrogens (tertiary/aromatic N) is 2. The van der Waals surface area contributed by atoms with Crippen LogP contribution < -0.4 is 0 Å². The highest BCUT2D eigenvalue weighted by Crippen LogP contribution is 2.38. The number of rotatable bonds is 7. The van der Waals surface area contributed by atoms with Crippen LogP contribution in [0.15, 0.2) is 42.5 Å². The quantitative estimate of drug-likeness (QED) is 0.334. The van der Waals surface area contributed by atoms with E-state index in [4.69, 9.17) is 4.74 Å². The van der Waals surface area contributed by atoms with Gasteiger partial charge in [-0.1, -0.05) is 36.4 Å². The molecule has 226 valence electrons. The summed E-state index contributed by atoms with van der Waals surface area (Å²) in [7, 11) is 0. The summed E-state index contributed by atoms with van der Waals surface area (Å²) in [4.78, 5) is 32.9. The van der Waals surface area contributed by atoms with Gasteiger partial charge in [0.25, 0.3) is 5.91 Å². The Morgan fingerprint density at radius 1 is 1.02 bits per heavy atom. The lowest BCUT2D eigenvalue weighted by Crippen LogP contribution is -2.58. The van der Waals surface area contributed by atoms with Crippen molar-refractivity contribution in [2.75, 3.05) is 26.2 Å². The fourth-order valence-corrected chi connectivity index (χ4v) is 6.88. The van der Waals surface area contributed by atoms with E-state index in [0.717, 1.165) is 42.4 Å². The third-order valence-corrected chi connectivity index (χ3v) is 8.90. The number of amides is 1. The predicted molar refractivity (Wildman–Crippen MR) is 153 cm³/mol. The highest BCUT2D eigenvalue weighted by Gasteiger charge is 2.51. The second-order valence-electron chi connectivity index (χ2n) is 11.6. The Labute approximate surface area is 243 Å². The smallest absolute Gasteiger partial charge is 0.432 e. The Balaban J connectivity index is 1.43. The van der Waals surface area contributed by atoms with Crippen LogP contribution in [-0.4, -0.2) is 69.9 Å². The number of aromatic amines is 1. The number of hydrogen-bond donors (Lipinski definition) is 2. The molecule has 0 spiro atoms. The molecule has 2 N–H and O–H groups in total. The molecule has 0 saturated carbocycles. The number of aryl methyl sites for hydroxylation is 2. The first-order valence-corrected chi connectivity index (χ1v) is 14.6. The molecule has 2 aromatic carbocycles. The van der Waals surface area contributed by atoms with Crippen molar-refractivity contribution in [1.82, 2.24) is 14.8 Å². The molecule has 7 nitrogen and oxygen atoms in total. The average molecular weight is 586 g/mol. The fraction of sp³-hybridized carbons (Fsp3) is 0.500. The number of aliphatic hydroxyl groups excluding tert-OH is 1. The van der Waals surface area contributed by atoms with Crippen molar-refractivity contribution < 1.29 is 32.6 Å². The molecule has 2 saturated heterocycles. The normalized spacial score (nSPS) is 20.7. The summed E-state index contributed by atoms with van der Waals surface area (Å²) < 4.78 is 44.8. The summed E-state index contributed by atoms with van der Waals surface area (Å²) in [5.74, 6) is -2.43. The lowest BCUT2D eigenvalue weighted by atomic mass is 9.84. The summed E-state index contributed by atoms with van der Waals surface area (Å²) in [5.41, 5.74) is 3.94. The number of ether oxygens (including phenoxy) is 1. The maximum Gasteiger partial charge on any atom is 0.491 e. The first-order chi connectivity index (χ1) is 20.0. The molecule has 1 atom stereocenters. The number of aromatic nitrogens is 1. The molecule has 1 unspecified atom stereocenters. The van der Waals surface area contributed by atoms with E-state index in [1.54, 1.807) is 0 Å². The van der Waals surface area contributed by atoms with Gasteiger partial charge in [-0.05, 0) is 81.3 Å². The lowest BCUT2D eigenvalue weighted by Gasteiger charge is -2.46. The number of benzene rings is 2. The van der Waals surface area contributed by atoms with Crippen LogP contribution in [0.5, 0.6) is 0 Å². The van der Waals surface area contributed by atoms with Gasteiger partial charge in [0.2, 0.25) is 0 Å². The first-order valence-electron chi connectivity index (χ1n) is 14.6. The van der Waals surface area contributed by atoms with Gasteiger partial charge < -0.3 is 14.8 Å². The summed E-state index contributed by atoms with van der Waals surface area (Å²) in [5, 5.41) is 10.6. The second kappa shape index (κ2) is 12.1. The van der Waals surface area contributed by atoms with Crippen molar-refractivity contribution in [3.63, 3.8) is 0 Å². The lowest BCUT2D eigenvalue weighted by molar-refractivity contribution is -0.233. The van der Waals surface area contributed by atoms with Crippen molar-refractivity contribution in [2.45, 2.75) is 76.7 Å². The molecule has 10 heteroatoms. The highest BCUT2D eigenvalue weighted by atomic mass is 19.4. The summed E-state index contributed by atoms with van der Waals surface area (Å²) in [6.45, 7) is 6.06. The molecule has 0 radical (unpaired) electrons. The van der Waals surface area contributed by atoms with Crippen LogP contribution in [0.4, 0.5) is 13.2 Å². The fourth-order valence-electron chi connectivity index (χ4n) is 6.88. The molecule has 3 aromatic rings. The van der Waals surface area contributed by atoms with E-state index in [0.29, 0.717) is 25.3 Å². The van der Waals surface area contributed by atoms with Crippen LogP contribution in [0.3, 0.4) is 0 Å². The topological polar surface area (TPSA) is 85.9 Å². The van der Waals surface area contributed by atoms with Gasteiger partial charge in [0, 0.05) is 49.0 Å². The summed E-state index contributed by atoms with van der Waals surface area (Å²) >= 11 is 0. The van der Waals surface area contributed by atoms with E-state index in [2.05, 4.69) is 41.9 Å². The number of esters is 1. The zero-order chi connectivity index (χ0) is 30.1. The Hall–Kier alpha value is -3.37. The van der Waals surface area contributed by atoms with Crippen molar-refractivity contribution in [2.24, 2.45) is 0 Å². The van der Waals surface area contributed by atoms with Gasteiger partial charge in [0.15, 0.2) is 5.72 Å². The molecule has 2 fully saturated rings. The maximum atomic E-state index is 14.2. The van der Waals surface area contributed by atoms with Gasteiger partial charge in [-0.2, -0.15) is 13.2 Å². The van der Waals surface area contributed by atoms with E-state index >= 15 is 0 Å². The molecule has 0 bridgehead atoms. The Morgan fingerprint density at radius 2 is 1.71 bits per heavy atom. The second-order valence-corrected chi connectivity index (χ2v) is 11.6. The van der Waals surface area contributed by atoms with E-state index in [1.165, 1.54) is 21.6 Å². The zero-order valence-electron chi connectivity index (χ0n) is 24.1. The van der Waals surface area contributed by atoms with Crippen LogP contribution in [-0.2, 0) is 16.1 Å². The van der Waals surface area contributed by atoms with Crippen LogP contribution in [0.2, 0.25) is 0 Å². The number of carbonyl (C=O) groups excluding carboxylic acids is 2. The van der Waals surface area contributed by atoms with Gasteiger partial charge in [0.05, 0.1) is 0 Å². The number of alkyl halides is 3. The third-order valence-electron chi connectivity index (χ3n) is 8.90. The number of aliphatic hydroxyl groups is 1. The Bertz CT molecular complexity index is 1420. The third kappa shape index (κ3) is 5.92. The van der Waals surface area contributed by atoms with Crippen LogP contribution in [0.25, 0.3) is 10.9 Å². The van der Waals surface area contributed by atoms with E-state index < -0.39 is 30.4 Å². The minimum Gasteiger partial charge on any atom is -0.432 e. The summed E-state index contributed by atoms with van der Waals surface area (Å²) in [6.07, 6.45) is -2.53. The van der Waals surface area contributed by atoms with Crippen LogP contribution in [0.1, 0.15) is 77.2 Å². The van der Waals surface area contributed by atoms with Crippen LogP contribution >= 0.6 is 0 Å². The number of H-pyrrole nitrogens is 1. The number of para-hydroxylation sites is 1. The van der Waals surface area contributed by atoms with Crippen LogP contribution in [0, 0.1) is 13.8 Å². The van der Waals surface area contributed by atoms with Crippen molar-refractivity contribution in [1.29, 1.82) is 0 Å². The maximum absolute atomic E-state index is 14.2. The number of hydrogen-bond acceptors (Lipinski definition) is 5. The molecule has 0 aliphatic carbocycles. The summed E-state index contributed by atoms with van der Waals surface area (Å²) in [6, 6.07) is 13.9. The number of piperidine rings is 2. The van der Waals surface area contributed by atoms with E-state index in [9.17, 15) is 27.9 Å². The van der Waals surface area contributed by atoms with Crippen molar-refractivity contribution in [3.05, 3.63) is 70.4 Å². The first kappa shape index (κ1) is 30.1.